The summed E-state index contributed by atoms with van der Waals surface area (Å²) in [5, 5.41) is 3.45. The third kappa shape index (κ3) is 1.95. The number of pyridine rings is 1. The molecule has 2 nitrogen and oxygen atoms in total. The Kier molecular flexibility index (Phi) is 2.41. The molecular formula is C11H14N2. The molecule has 68 valence electrons. The first-order chi connectivity index (χ1) is 6.36. The maximum atomic E-state index is 4.12. The SMILES string of the molecule is C=C1CCC(c2cccnc2)NC1. The third-order valence-corrected chi connectivity index (χ3v) is 2.47. The molecule has 2 rings (SSSR count). The molecule has 2 heterocycles. The van der Waals surface area contributed by atoms with E-state index in [-0.39, 0.29) is 0 Å². The molecule has 0 aliphatic carbocycles. The van der Waals surface area contributed by atoms with Gasteiger partial charge in [-0.1, -0.05) is 18.2 Å². The number of aromatic nitrogens is 1. The smallest absolute Gasteiger partial charge is 0.0341 e. The quantitative estimate of drug-likeness (QED) is 0.659. The Morgan fingerprint density at radius 2 is 2.46 bits per heavy atom. The number of hydrogen-bond acceptors (Lipinski definition) is 2. The van der Waals surface area contributed by atoms with Crippen LogP contribution in [0.15, 0.2) is 36.7 Å². The molecular weight excluding hydrogens is 160 g/mol. The van der Waals surface area contributed by atoms with Crippen LogP contribution in [0.25, 0.3) is 0 Å². The summed E-state index contributed by atoms with van der Waals surface area (Å²) in [6.45, 7) is 4.91. The van der Waals surface area contributed by atoms with E-state index in [1.807, 2.05) is 18.5 Å². The predicted molar refractivity (Wildman–Crippen MR) is 53.4 cm³/mol. The van der Waals surface area contributed by atoms with Crippen molar-refractivity contribution in [1.82, 2.24) is 10.3 Å². The Balaban J connectivity index is 2.07. The summed E-state index contributed by atoms with van der Waals surface area (Å²) in [7, 11) is 0. The highest BCUT2D eigenvalue weighted by atomic mass is 14.9. The molecule has 0 saturated carbocycles. The molecule has 1 N–H and O–H groups in total. The van der Waals surface area contributed by atoms with E-state index in [0.717, 1.165) is 19.4 Å². The van der Waals surface area contributed by atoms with E-state index in [4.69, 9.17) is 0 Å². The predicted octanol–water partition coefficient (Wildman–Crippen LogP) is 2.06. The molecule has 0 bridgehead atoms. The summed E-state index contributed by atoms with van der Waals surface area (Å²) < 4.78 is 0. The largest absolute Gasteiger partial charge is 0.306 e. The van der Waals surface area contributed by atoms with Crippen LogP contribution in [0.3, 0.4) is 0 Å². The van der Waals surface area contributed by atoms with Gasteiger partial charge < -0.3 is 5.32 Å². The fourth-order valence-electron chi connectivity index (χ4n) is 1.67. The molecule has 0 radical (unpaired) electrons. The van der Waals surface area contributed by atoms with Crippen molar-refractivity contribution in [1.29, 1.82) is 0 Å². The van der Waals surface area contributed by atoms with Gasteiger partial charge in [0.1, 0.15) is 0 Å². The van der Waals surface area contributed by atoms with Crippen LogP contribution < -0.4 is 5.32 Å². The summed E-state index contributed by atoms with van der Waals surface area (Å²) in [6, 6.07) is 4.58. The van der Waals surface area contributed by atoms with E-state index in [0.29, 0.717) is 6.04 Å². The molecule has 0 aromatic carbocycles. The molecule has 1 aromatic heterocycles. The fourth-order valence-corrected chi connectivity index (χ4v) is 1.67. The maximum Gasteiger partial charge on any atom is 0.0341 e. The van der Waals surface area contributed by atoms with Crippen LogP contribution in [0.5, 0.6) is 0 Å². The van der Waals surface area contributed by atoms with E-state index in [1.165, 1.54) is 11.1 Å². The molecule has 1 fully saturated rings. The Morgan fingerprint density at radius 1 is 1.54 bits per heavy atom. The Bertz CT molecular complexity index is 282. The number of piperidine rings is 1. The molecule has 0 amide bonds. The van der Waals surface area contributed by atoms with Crippen molar-refractivity contribution in [3.63, 3.8) is 0 Å². The second-order valence-electron chi connectivity index (χ2n) is 3.51. The van der Waals surface area contributed by atoms with Gasteiger partial charge in [0.2, 0.25) is 0 Å². The molecule has 1 atom stereocenters. The first-order valence-electron chi connectivity index (χ1n) is 4.66. The first-order valence-corrected chi connectivity index (χ1v) is 4.66. The van der Waals surface area contributed by atoms with E-state index in [2.05, 4.69) is 22.9 Å². The molecule has 1 saturated heterocycles. The molecule has 1 aliphatic heterocycles. The van der Waals surface area contributed by atoms with Crippen LogP contribution in [0, 0.1) is 0 Å². The van der Waals surface area contributed by atoms with Crippen LogP contribution in [0.1, 0.15) is 24.4 Å². The lowest BCUT2D eigenvalue weighted by Crippen LogP contribution is -2.28. The molecule has 0 spiro atoms. The molecule has 1 unspecified atom stereocenters. The van der Waals surface area contributed by atoms with Gasteiger partial charge in [-0.2, -0.15) is 0 Å². The molecule has 2 heteroatoms. The van der Waals surface area contributed by atoms with Crippen LogP contribution in [0.2, 0.25) is 0 Å². The van der Waals surface area contributed by atoms with Crippen molar-refractivity contribution < 1.29 is 0 Å². The normalized spacial score (nSPS) is 23.1. The standard InChI is InChI=1S/C11H14N2/c1-9-4-5-11(13-7-9)10-3-2-6-12-8-10/h2-3,6,8,11,13H,1,4-5,7H2. The zero-order valence-electron chi connectivity index (χ0n) is 7.66. The average Bonchev–Trinajstić information content (AvgIpc) is 2.20. The summed E-state index contributed by atoms with van der Waals surface area (Å²) in [6.07, 6.45) is 6.02. The number of rotatable bonds is 1. The Morgan fingerprint density at radius 3 is 3.08 bits per heavy atom. The molecule has 1 aliphatic rings. The van der Waals surface area contributed by atoms with Crippen molar-refractivity contribution in [3.05, 3.63) is 42.2 Å². The van der Waals surface area contributed by atoms with E-state index < -0.39 is 0 Å². The van der Waals surface area contributed by atoms with Crippen molar-refractivity contribution in [3.8, 4) is 0 Å². The highest BCUT2D eigenvalue weighted by Gasteiger charge is 2.15. The zero-order valence-corrected chi connectivity index (χ0v) is 7.66. The van der Waals surface area contributed by atoms with Crippen molar-refractivity contribution >= 4 is 0 Å². The summed E-state index contributed by atoms with van der Waals surface area (Å²) in [5.74, 6) is 0. The zero-order chi connectivity index (χ0) is 9.10. The fraction of sp³-hybridized carbons (Fsp3) is 0.364. The number of nitrogens with one attached hydrogen (secondary N) is 1. The lowest BCUT2D eigenvalue weighted by molar-refractivity contribution is 0.472. The maximum absolute atomic E-state index is 4.12. The second-order valence-corrected chi connectivity index (χ2v) is 3.51. The van der Waals surface area contributed by atoms with Gasteiger partial charge in [-0.05, 0) is 24.5 Å². The lowest BCUT2D eigenvalue weighted by atomic mass is 9.97. The highest BCUT2D eigenvalue weighted by Crippen LogP contribution is 2.23. The van der Waals surface area contributed by atoms with Crippen LogP contribution >= 0.6 is 0 Å². The summed E-state index contributed by atoms with van der Waals surface area (Å²) in [4.78, 5) is 4.12. The van der Waals surface area contributed by atoms with Crippen molar-refractivity contribution in [2.75, 3.05) is 6.54 Å². The van der Waals surface area contributed by atoms with Gasteiger partial charge in [-0.3, -0.25) is 4.98 Å². The molecule has 13 heavy (non-hydrogen) atoms. The van der Waals surface area contributed by atoms with Crippen LogP contribution in [-0.4, -0.2) is 11.5 Å². The summed E-state index contributed by atoms with van der Waals surface area (Å²) >= 11 is 0. The summed E-state index contributed by atoms with van der Waals surface area (Å²) in [5.41, 5.74) is 2.59. The lowest BCUT2D eigenvalue weighted by Gasteiger charge is -2.24. The highest BCUT2D eigenvalue weighted by molar-refractivity contribution is 5.17. The second kappa shape index (κ2) is 3.71. The Labute approximate surface area is 78.7 Å². The van der Waals surface area contributed by atoms with Crippen LogP contribution in [0.4, 0.5) is 0 Å². The van der Waals surface area contributed by atoms with E-state index in [9.17, 15) is 0 Å². The third-order valence-electron chi connectivity index (χ3n) is 2.47. The average molecular weight is 174 g/mol. The monoisotopic (exact) mass is 174 g/mol. The van der Waals surface area contributed by atoms with E-state index in [1.54, 1.807) is 0 Å². The van der Waals surface area contributed by atoms with Gasteiger partial charge in [0.25, 0.3) is 0 Å². The molecule has 1 aromatic rings. The van der Waals surface area contributed by atoms with Crippen LogP contribution in [-0.2, 0) is 0 Å². The minimum absolute atomic E-state index is 0.471. The van der Waals surface area contributed by atoms with Gasteiger partial charge in [0, 0.05) is 25.0 Å². The number of hydrogen-bond donors (Lipinski definition) is 1. The van der Waals surface area contributed by atoms with Gasteiger partial charge in [-0.25, -0.2) is 0 Å². The van der Waals surface area contributed by atoms with Crippen molar-refractivity contribution in [2.45, 2.75) is 18.9 Å². The minimum atomic E-state index is 0.471. The topological polar surface area (TPSA) is 24.9 Å². The van der Waals surface area contributed by atoms with Gasteiger partial charge in [0.15, 0.2) is 0 Å². The Hall–Kier alpha value is -1.15. The van der Waals surface area contributed by atoms with Crippen molar-refractivity contribution in [2.24, 2.45) is 0 Å². The van der Waals surface area contributed by atoms with E-state index >= 15 is 0 Å². The van der Waals surface area contributed by atoms with Gasteiger partial charge >= 0.3 is 0 Å². The van der Waals surface area contributed by atoms with Gasteiger partial charge in [-0.15, -0.1) is 0 Å². The first kappa shape index (κ1) is 8.45. The minimum Gasteiger partial charge on any atom is -0.306 e. The number of nitrogens with zero attached hydrogens (tertiary/aromatic N) is 1. The van der Waals surface area contributed by atoms with Gasteiger partial charge in [0.05, 0.1) is 0 Å².